The van der Waals surface area contributed by atoms with E-state index in [9.17, 15) is 43.6 Å². The van der Waals surface area contributed by atoms with E-state index in [4.69, 9.17) is 0 Å². The fourth-order valence-electron chi connectivity index (χ4n) is 6.24. The molecule has 1 aromatic heterocycles. The number of sulfone groups is 2. The highest BCUT2D eigenvalue weighted by Crippen LogP contribution is 2.53. The molecule has 1 aliphatic carbocycles. The summed E-state index contributed by atoms with van der Waals surface area (Å²) in [7, 11) is -7.65. The summed E-state index contributed by atoms with van der Waals surface area (Å²) < 4.78 is 119. The standard InChI is InChI=1S/C26H27F5N2O5S2/c1-24(28,26(29,30)31)21-8-6-19-20(32-21)7-9-22-25(19,40(37,38)18-4-2-17(27)3-5-18)12-13-33(22)23(34)16-10-14-39(35,36)15-11-16/h2-6,8,16,22H,7,9-15H2,1H3. The molecule has 2 saturated heterocycles. The molecule has 0 spiro atoms. The second kappa shape index (κ2) is 9.47. The quantitative estimate of drug-likeness (QED) is 0.385. The largest absolute Gasteiger partial charge is 0.428 e. The van der Waals surface area contributed by atoms with Crippen molar-refractivity contribution < 1.29 is 43.6 Å². The summed E-state index contributed by atoms with van der Waals surface area (Å²) in [5, 5.41) is 0. The summed E-state index contributed by atoms with van der Waals surface area (Å²) in [5.41, 5.74) is -4.61. The lowest BCUT2D eigenvalue weighted by atomic mass is 9.80. The number of benzene rings is 1. The first-order valence-corrected chi connectivity index (χ1v) is 16.1. The molecule has 7 nitrogen and oxygen atoms in total. The van der Waals surface area contributed by atoms with Gasteiger partial charge in [0, 0.05) is 18.2 Å². The van der Waals surface area contributed by atoms with Gasteiger partial charge in [0.25, 0.3) is 0 Å². The van der Waals surface area contributed by atoms with Crippen LogP contribution in [0.2, 0.25) is 0 Å². The highest BCUT2D eigenvalue weighted by Gasteiger charge is 2.62. The molecule has 3 aliphatic rings. The monoisotopic (exact) mass is 606 g/mol. The first-order valence-electron chi connectivity index (χ1n) is 12.8. The Morgan fingerprint density at radius 3 is 2.25 bits per heavy atom. The first-order chi connectivity index (χ1) is 18.5. The first kappa shape index (κ1) is 28.9. The third-order valence-electron chi connectivity index (χ3n) is 8.53. The molecule has 5 rings (SSSR count). The number of halogens is 5. The van der Waals surface area contributed by atoms with E-state index in [-0.39, 0.29) is 72.2 Å². The molecule has 3 heterocycles. The van der Waals surface area contributed by atoms with Crippen LogP contribution in [0, 0.1) is 11.7 Å². The Balaban J connectivity index is 1.62. The minimum absolute atomic E-state index is 0.00224. The van der Waals surface area contributed by atoms with Gasteiger partial charge in [-0.1, -0.05) is 6.07 Å². The summed E-state index contributed by atoms with van der Waals surface area (Å²) in [6.07, 6.45) is -5.14. The van der Waals surface area contributed by atoms with Gasteiger partial charge in [0.2, 0.25) is 11.6 Å². The number of fused-ring (bicyclic) bond motifs is 3. The molecule has 0 N–H and O–H groups in total. The maximum atomic E-state index is 14.8. The van der Waals surface area contributed by atoms with Gasteiger partial charge in [0.05, 0.1) is 28.1 Å². The molecule has 0 radical (unpaired) electrons. The van der Waals surface area contributed by atoms with Crippen molar-refractivity contribution in [3.63, 3.8) is 0 Å². The summed E-state index contributed by atoms with van der Waals surface area (Å²) in [6.45, 7) is 0.344. The third-order valence-corrected chi connectivity index (χ3v) is 12.8. The second-order valence-electron chi connectivity index (χ2n) is 10.8. The normalized spacial score (nSPS) is 26.6. The van der Waals surface area contributed by atoms with Crippen molar-refractivity contribution in [1.82, 2.24) is 9.88 Å². The number of nitrogens with zero attached hydrogens (tertiary/aromatic N) is 2. The fourth-order valence-corrected chi connectivity index (χ4v) is 10.1. The van der Waals surface area contributed by atoms with Crippen LogP contribution in [0.4, 0.5) is 22.0 Å². The van der Waals surface area contributed by atoms with Crippen molar-refractivity contribution in [1.29, 1.82) is 0 Å². The summed E-state index contributed by atoms with van der Waals surface area (Å²) in [4.78, 5) is 18.8. The Morgan fingerprint density at radius 1 is 1.02 bits per heavy atom. The van der Waals surface area contributed by atoms with Crippen molar-refractivity contribution >= 4 is 25.6 Å². The number of alkyl halides is 4. The number of hydrogen-bond donors (Lipinski definition) is 0. The topological polar surface area (TPSA) is 101 Å². The van der Waals surface area contributed by atoms with Gasteiger partial charge >= 0.3 is 6.18 Å². The van der Waals surface area contributed by atoms with E-state index in [0.29, 0.717) is 6.92 Å². The Bertz CT molecular complexity index is 1540. The maximum absolute atomic E-state index is 14.8. The SMILES string of the molecule is CC(F)(c1ccc2c(n1)CCC1N(C(=O)C3CCS(=O)(=O)CC3)CCC21S(=O)(=O)c1ccc(F)cc1)C(F)(F)F. The van der Waals surface area contributed by atoms with Gasteiger partial charge in [0.1, 0.15) is 20.4 Å². The lowest BCUT2D eigenvalue weighted by Crippen LogP contribution is -2.53. The van der Waals surface area contributed by atoms with Gasteiger partial charge in [-0.2, -0.15) is 13.2 Å². The third kappa shape index (κ3) is 4.41. The number of aromatic nitrogens is 1. The Kier molecular flexibility index (Phi) is 6.84. The molecule has 14 heteroatoms. The van der Waals surface area contributed by atoms with E-state index in [0.717, 1.165) is 36.4 Å². The lowest BCUT2D eigenvalue weighted by Gasteiger charge is -2.43. The number of rotatable bonds is 4. The smallest absolute Gasteiger partial charge is 0.337 e. The summed E-state index contributed by atoms with van der Waals surface area (Å²) in [6, 6.07) is 5.16. The van der Waals surface area contributed by atoms with E-state index in [2.05, 4.69) is 4.98 Å². The van der Waals surface area contributed by atoms with Gasteiger partial charge in [-0.3, -0.25) is 9.78 Å². The van der Waals surface area contributed by atoms with Crippen molar-refractivity contribution in [2.75, 3.05) is 18.1 Å². The zero-order valence-corrected chi connectivity index (χ0v) is 23.1. The number of amides is 1. The second-order valence-corrected chi connectivity index (χ2v) is 15.3. The van der Waals surface area contributed by atoms with Crippen LogP contribution in [-0.2, 0) is 41.3 Å². The number of carbonyl (C=O) groups is 1. The van der Waals surface area contributed by atoms with Crippen molar-refractivity contribution in [3.05, 3.63) is 59.2 Å². The minimum Gasteiger partial charge on any atom is -0.337 e. The molecule has 218 valence electrons. The Morgan fingerprint density at radius 2 is 1.65 bits per heavy atom. The number of pyridine rings is 1. The highest BCUT2D eigenvalue weighted by atomic mass is 32.2. The molecule has 0 bridgehead atoms. The average Bonchev–Trinajstić information content (AvgIpc) is 3.29. The van der Waals surface area contributed by atoms with Crippen LogP contribution in [0.1, 0.15) is 49.6 Å². The van der Waals surface area contributed by atoms with Crippen LogP contribution < -0.4 is 0 Å². The number of carbonyl (C=O) groups excluding carboxylic acids is 1. The van der Waals surface area contributed by atoms with Crippen LogP contribution in [0.5, 0.6) is 0 Å². The van der Waals surface area contributed by atoms with E-state index in [1.165, 1.54) is 4.90 Å². The molecule has 1 aromatic carbocycles. The van der Waals surface area contributed by atoms with Gasteiger partial charge in [-0.15, -0.1) is 0 Å². The fraction of sp³-hybridized carbons (Fsp3) is 0.538. The number of hydrogen-bond acceptors (Lipinski definition) is 6. The van der Waals surface area contributed by atoms with E-state index < -0.39 is 59.7 Å². The van der Waals surface area contributed by atoms with E-state index >= 15 is 0 Å². The lowest BCUT2D eigenvalue weighted by molar-refractivity contribution is -0.230. The molecule has 0 saturated carbocycles. The van der Waals surface area contributed by atoms with Crippen molar-refractivity contribution in [2.24, 2.45) is 5.92 Å². The van der Waals surface area contributed by atoms with Gasteiger partial charge in [-0.05, 0) is 74.9 Å². The van der Waals surface area contributed by atoms with Crippen LogP contribution in [0.25, 0.3) is 0 Å². The predicted molar refractivity (Wildman–Crippen MR) is 134 cm³/mol. The van der Waals surface area contributed by atoms with Gasteiger partial charge < -0.3 is 4.90 Å². The molecule has 2 aliphatic heterocycles. The molecular formula is C26H27F5N2O5S2. The molecule has 3 atom stereocenters. The number of aryl methyl sites for hydroxylation is 1. The van der Waals surface area contributed by atoms with Crippen LogP contribution in [-0.4, -0.2) is 62.9 Å². The summed E-state index contributed by atoms with van der Waals surface area (Å²) >= 11 is 0. The van der Waals surface area contributed by atoms with Crippen LogP contribution in [0.15, 0.2) is 41.3 Å². The summed E-state index contributed by atoms with van der Waals surface area (Å²) in [5.74, 6) is -1.98. The van der Waals surface area contributed by atoms with Crippen molar-refractivity contribution in [2.45, 2.75) is 66.6 Å². The minimum atomic E-state index is -5.26. The van der Waals surface area contributed by atoms with Gasteiger partial charge in [-0.25, -0.2) is 25.6 Å². The number of likely N-dealkylation sites (tertiary alicyclic amines) is 1. The zero-order chi connectivity index (χ0) is 29.3. The molecular weight excluding hydrogens is 579 g/mol. The van der Waals surface area contributed by atoms with Crippen LogP contribution in [0.3, 0.4) is 0 Å². The van der Waals surface area contributed by atoms with Crippen LogP contribution >= 0.6 is 0 Å². The highest BCUT2D eigenvalue weighted by molar-refractivity contribution is 7.92. The Labute approximate surface area is 228 Å². The Hall–Kier alpha value is -2.61. The van der Waals surface area contributed by atoms with Crippen molar-refractivity contribution in [3.8, 4) is 0 Å². The van der Waals surface area contributed by atoms with E-state index in [1.807, 2.05) is 0 Å². The molecule has 2 aromatic rings. The van der Waals surface area contributed by atoms with E-state index in [1.54, 1.807) is 0 Å². The maximum Gasteiger partial charge on any atom is 0.428 e. The predicted octanol–water partition coefficient (Wildman–Crippen LogP) is 4.01. The average molecular weight is 607 g/mol. The molecule has 2 fully saturated rings. The molecule has 40 heavy (non-hydrogen) atoms. The molecule has 1 amide bonds. The van der Waals surface area contributed by atoms with Gasteiger partial charge in [0.15, 0.2) is 9.84 Å². The molecule has 3 unspecified atom stereocenters. The zero-order valence-electron chi connectivity index (χ0n) is 21.4.